The predicted octanol–water partition coefficient (Wildman–Crippen LogP) is 1.66. The third kappa shape index (κ3) is 2.48. The highest BCUT2D eigenvalue weighted by Gasteiger charge is 2.20. The third-order valence-corrected chi connectivity index (χ3v) is 3.82. The molecule has 20 heavy (non-hydrogen) atoms. The first-order chi connectivity index (χ1) is 9.65. The first-order valence-corrected chi connectivity index (χ1v) is 6.98. The zero-order valence-corrected chi connectivity index (χ0v) is 12.2. The second-order valence-electron chi connectivity index (χ2n) is 5.26. The number of rotatable bonds is 3. The van der Waals surface area contributed by atoms with Crippen molar-refractivity contribution in [3.8, 4) is 11.5 Å². The molecule has 0 aromatic carbocycles. The van der Waals surface area contributed by atoms with Crippen molar-refractivity contribution in [3.05, 3.63) is 22.9 Å². The molecule has 3 heterocycles. The number of hydrogen-bond acceptors (Lipinski definition) is 6. The van der Waals surface area contributed by atoms with E-state index in [2.05, 4.69) is 20.4 Å². The molecule has 1 aliphatic heterocycles. The summed E-state index contributed by atoms with van der Waals surface area (Å²) in [5.74, 6) is 3.03. The van der Waals surface area contributed by atoms with Gasteiger partial charge in [-0.1, -0.05) is 5.16 Å². The van der Waals surface area contributed by atoms with Crippen molar-refractivity contribution in [1.29, 1.82) is 0 Å². The minimum absolute atomic E-state index is 0.557. The van der Waals surface area contributed by atoms with Gasteiger partial charge in [0.15, 0.2) is 5.82 Å². The van der Waals surface area contributed by atoms with Crippen LogP contribution in [0.15, 0.2) is 8.94 Å². The van der Waals surface area contributed by atoms with Gasteiger partial charge < -0.3 is 14.3 Å². The maximum absolute atomic E-state index is 5.61. The van der Waals surface area contributed by atoms with Gasteiger partial charge >= 0.3 is 0 Å². The molecule has 0 radical (unpaired) electrons. The van der Waals surface area contributed by atoms with E-state index in [1.807, 2.05) is 20.8 Å². The molecule has 1 N–H and O–H groups in total. The number of nitrogens with zero attached hydrogens (tertiary/aromatic N) is 3. The monoisotopic (exact) mass is 276 g/mol. The average Bonchev–Trinajstić information content (AvgIpc) is 2.97. The van der Waals surface area contributed by atoms with Gasteiger partial charge in [0.05, 0.1) is 12.1 Å². The van der Waals surface area contributed by atoms with Crippen LogP contribution >= 0.6 is 0 Å². The van der Waals surface area contributed by atoms with Crippen LogP contribution in [0.3, 0.4) is 0 Å². The Morgan fingerprint density at radius 1 is 1.15 bits per heavy atom. The van der Waals surface area contributed by atoms with E-state index >= 15 is 0 Å². The Hall–Kier alpha value is -1.66. The third-order valence-electron chi connectivity index (χ3n) is 3.82. The number of aryl methyl sites for hydroxylation is 2. The number of furan rings is 1. The minimum atomic E-state index is 0.557. The van der Waals surface area contributed by atoms with Gasteiger partial charge in [0.25, 0.3) is 5.89 Å². The van der Waals surface area contributed by atoms with Crippen LogP contribution in [0.5, 0.6) is 0 Å². The topological polar surface area (TPSA) is 67.3 Å². The van der Waals surface area contributed by atoms with Crippen molar-refractivity contribution in [3.63, 3.8) is 0 Å². The summed E-state index contributed by atoms with van der Waals surface area (Å²) in [7, 11) is 0. The Morgan fingerprint density at radius 3 is 2.55 bits per heavy atom. The van der Waals surface area contributed by atoms with Gasteiger partial charge in [-0.15, -0.1) is 0 Å². The van der Waals surface area contributed by atoms with Gasteiger partial charge in [-0.05, 0) is 20.8 Å². The van der Waals surface area contributed by atoms with Crippen LogP contribution in [0, 0.1) is 20.8 Å². The van der Waals surface area contributed by atoms with Crippen LogP contribution in [-0.2, 0) is 6.54 Å². The summed E-state index contributed by atoms with van der Waals surface area (Å²) >= 11 is 0. The summed E-state index contributed by atoms with van der Waals surface area (Å²) in [5.41, 5.74) is 2.00. The maximum atomic E-state index is 5.61. The molecule has 0 amide bonds. The first kappa shape index (κ1) is 13.3. The second-order valence-corrected chi connectivity index (χ2v) is 5.26. The molecule has 6 nitrogen and oxygen atoms in total. The lowest BCUT2D eigenvalue weighted by atomic mass is 10.1. The molecule has 1 saturated heterocycles. The van der Waals surface area contributed by atoms with Crippen LogP contribution in [-0.4, -0.2) is 41.2 Å². The molecule has 0 saturated carbocycles. The Morgan fingerprint density at radius 2 is 1.90 bits per heavy atom. The molecule has 0 aliphatic carbocycles. The van der Waals surface area contributed by atoms with E-state index in [1.54, 1.807) is 0 Å². The lowest BCUT2D eigenvalue weighted by Crippen LogP contribution is -2.43. The van der Waals surface area contributed by atoms with Crippen molar-refractivity contribution in [2.75, 3.05) is 26.2 Å². The SMILES string of the molecule is Cc1oc(C)c(-c2nc(CN3CCNCC3)no2)c1C. The highest BCUT2D eigenvalue weighted by molar-refractivity contribution is 5.61. The summed E-state index contributed by atoms with van der Waals surface area (Å²) in [5, 5.41) is 7.42. The number of piperazine rings is 1. The van der Waals surface area contributed by atoms with Crippen LogP contribution in [0.2, 0.25) is 0 Å². The van der Waals surface area contributed by atoms with E-state index in [0.717, 1.165) is 61.2 Å². The van der Waals surface area contributed by atoms with Crippen molar-refractivity contribution in [2.45, 2.75) is 27.3 Å². The standard InChI is InChI=1S/C14H20N4O2/c1-9-10(2)19-11(3)13(9)14-16-12(17-20-14)8-18-6-4-15-5-7-18/h15H,4-8H2,1-3H3. The van der Waals surface area contributed by atoms with E-state index in [4.69, 9.17) is 8.94 Å². The molecule has 2 aromatic rings. The van der Waals surface area contributed by atoms with E-state index in [0.29, 0.717) is 5.89 Å². The van der Waals surface area contributed by atoms with Crippen molar-refractivity contribution in [1.82, 2.24) is 20.4 Å². The molecule has 0 unspecified atom stereocenters. The Labute approximate surface area is 118 Å². The van der Waals surface area contributed by atoms with Gasteiger partial charge in [0.2, 0.25) is 0 Å². The van der Waals surface area contributed by atoms with Crippen molar-refractivity contribution < 1.29 is 8.94 Å². The summed E-state index contributed by atoms with van der Waals surface area (Å²) in [6.45, 7) is 10.7. The lowest BCUT2D eigenvalue weighted by molar-refractivity contribution is 0.225. The molecule has 3 rings (SSSR count). The molecule has 1 aliphatic rings. The minimum Gasteiger partial charge on any atom is -0.466 e. The number of hydrogen-bond donors (Lipinski definition) is 1. The van der Waals surface area contributed by atoms with Gasteiger partial charge in [-0.2, -0.15) is 4.98 Å². The summed E-state index contributed by atoms with van der Waals surface area (Å²) < 4.78 is 11.0. The van der Waals surface area contributed by atoms with Crippen LogP contribution in [0.1, 0.15) is 22.9 Å². The molecule has 2 aromatic heterocycles. The Balaban J connectivity index is 1.79. The van der Waals surface area contributed by atoms with Gasteiger partial charge in [-0.25, -0.2) is 0 Å². The van der Waals surface area contributed by atoms with E-state index in [1.165, 1.54) is 0 Å². The quantitative estimate of drug-likeness (QED) is 0.919. The van der Waals surface area contributed by atoms with Gasteiger partial charge in [-0.3, -0.25) is 4.90 Å². The molecule has 0 atom stereocenters. The molecular weight excluding hydrogens is 256 g/mol. The summed E-state index contributed by atoms with van der Waals surface area (Å²) in [6, 6.07) is 0. The normalized spacial score (nSPS) is 16.8. The van der Waals surface area contributed by atoms with Gasteiger partial charge in [0, 0.05) is 31.7 Å². The fraction of sp³-hybridized carbons (Fsp3) is 0.571. The van der Waals surface area contributed by atoms with Crippen LogP contribution in [0.4, 0.5) is 0 Å². The number of nitrogens with one attached hydrogen (secondary N) is 1. The molecular formula is C14H20N4O2. The second kappa shape index (κ2) is 5.38. The van der Waals surface area contributed by atoms with Crippen LogP contribution in [0.25, 0.3) is 11.5 Å². The largest absolute Gasteiger partial charge is 0.466 e. The molecule has 108 valence electrons. The summed E-state index contributed by atoms with van der Waals surface area (Å²) in [4.78, 5) is 6.83. The fourth-order valence-electron chi connectivity index (χ4n) is 2.60. The van der Waals surface area contributed by atoms with Crippen molar-refractivity contribution >= 4 is 0 Å². The molecule has 1 fully saturated rings. The first-order valence-electron chi connectivity index (χ1n) is 6.98. The van der Waals surface area contributed by atoms with Gasteiger partial charge in [0.1, 0.15) is 11.5 Å². The fourth-order valence-corrected chi connectivity index (χ4v) is 2.60. The Bertz CT molecular complexity index is 596. The van der Waals surface area contributed by atoms with E-state index < -0.39 is 0 Å². The Kier molecular flexibility index (Phi) is 3.58. The highest BCUT2D eigenvalue weighted by Crippen LogP contribution is 2.30. The average molecular weight is 276 g/mol. The lowest BCUT2D eigenvalue weighted by Gasteiger charge is -2.25. The zero-order valence-electron chi connectivity index (χ0n) is 12.2. The molecule has 0 spiro atoms. The zero-order chi connectivity index (χ0) is 14.1. The molecule has 0 bridgehead atoms. The van der Waals surface area contributed by atoms with Crippen molar-refractivity contribution in [2.24, 2.45) is 0 Å². The number of aromatic nitrogens is 2. The molecule has 6 heteroatoms. The van der Waals surface area contributed by atoms with Crippen LogP contribution < -0.4 is 5.32 Å². The maximum Gasteiger partial charge on any atom is 0.261 e. The van der Waals surface area contributed by atoms with E-state index in [-0.39, 0.29) is 0 Å². The highest BCUT2D eigenvalue weighted by atomic mass is 16.5. The smallest absolute Gasteiger partial charge is 0.261 e. The summed E-state index contributed by atoms with van der Waals surface area (Å²) in [6.07, 6.45) is 0. The predicted molar refractivity (Wildman–Crippen MR) is 74.4 cm³/mol. The van der Waals surface area contributed by atoms with E-state index in [9.17, 15) is 0 Å².